The molecule has 0 rings (SSSR count). The van der Waals surface area contributed by atoms with Gasteiger partial charge >= 0.3 is 34.1 Å². The van der Waals surface area contributed by atoms with E-state index in [2.05, 4.69) is 26.3 Å². The van der Waals surface area contributed by atoms with Crippen molar-refractivity contribution in [1.29, 1.82) is 0 Å². The molecule has 0 aromatic carbocycles. The molecule has 2 radical (unpaired) electrons. The minimum absolute atomic E-state index is 0. The second-order valence-corrected chi connectivity index (χ2v) is 2.09. The second-order valence-electron chi connectivity index (χ2n) is 2.09. The minimum Gasteiger partial charge on any atom is -0.545 e. The van der Waals surface area contributed by atoms with Crippen LogP contribution in [0.25, 0.3) is 0 Å². The van der Waals surface area contributed by atoms with Crippen LogP contribution in [0.2, 0.25) is 0 Å². The third-order valence-corrected chi connectivity index (χ3v) is 0.667. The van der Waals surface area contributed by atoms with Crippen molar-refractivity contribution in [2.24, 2.45) is 0 Å². The van der Waals surface area contributed by atoms with Gasteiger partial charge in [-0.05, 0) is 24.3 Å². The largest absolute Gasteiger partial charge is 2.00 e. The zero-order valence-electron chi connectivity index (χ0n) is 11.0. The van der Waals surface area contributed by atoms with Crippen LogP contribution in [-0.2, 0) is 53.3 Å². The zero-order valence-corrected chi connectivity index (χ0v) is 12.9. The molecule has 0 unspecified atom stereocenters. The fourth-order valence-electron chi connectivity index (χ4n) is 0. The average molecular weight is 411 g/mol. The van der Waals surface area contributed by atoms with Crippen LogP contribution in [0.15, 0.2) is 50.6 Å². The van der Waals surface area contributed by atoms with Crippen LogP contribution in [0.5, 0.6) is 0 Å². The van der Waals surface area contributed by atoms with Crippen molar-refractivity contribution in [3.8, 4) is 0 Å². The van der Waals surface area contributed by atoms with Gasteiger partial charge in [-0.15, -0.1) is 0 Å². The van der Waals surface area contributed by atoms with Gasteiger partial charge in [-0.25, -0.2) is 0 Å². The molecular formula is C12H12Cu2O8. The van der Waals surface area contributed by atoms with Gasteiger partial charge < -0.3 is 39.6 Å². The van der Waals surface area contributed by atoms with E-state index < -0.39 is 23.9 Å². The molecule has 22 heavy (non-hydrogen) atoms. The quantitative estimate of drug-likeness (QED) is 0.332. The van der Waals surface area contributed by atoms with Crippen LogP contribution in [-0.4, -0.2) is 23.9 Å². The summed E-state index contributed by atoms with van der Waals surface area (Å²) < 4.78 is 0. The summed E-state index contributed by atoms with van der Waals surface area (Å²) in [6.45, 7) is 11.6. The summed E-state index contributed by atoms with van der Waals surface area (Å²) in [5.74, 6) is -4.93. The number of carbonyl (C=O) groups excluding carboxylic acids is 4. The van der Waals surface area contributed by atoms with Gasteiger partial charge in [0.05, 0.1) is 23.9 Å². The van der Waals surface area contributed by atoms with Crippen molar-refractivity contribution in [3.05, 3.63) is 50.6 Å². The maximum Gasteiger partial charge on any atom is 2.00 e. The molecule has 0 aliphatic heterocycles. The topological polar surface area (TPSA) is 161 Å². The molecule has 0 atom stereocenters. The molecule has 0 aliphatic rings. The van der Waals surface area contributed by atoms with Crippen LogP contribution in [0.4, 0.5) is 0 Å². The first-order chi connectivity index (χ1) is 9.08. The monoisotopic (exact) mass is 410 g/mol. The van der Waals surface area contributed by atoms with E-state index in [1.165, 1.54) is 0 Å². The van der Waals surface area contributed by atoms with Gasteiger partial charge in [0.25, 0.3) is 0 Å². The third kappa shape index (κ3) is 147. The van der Waals surface area contributed by atoms with Crippen molar-refractivity contribution in [3.63, 3.8) is 0 Å². The number of aliphatic carboxylic acids is 4. The molecule has 0 saturated heterocycles. The Kier molecular flexibility index (Phi) is 52.4. The molecule has 130 valence electrons. The number of carbonyl (C=O) groups is 4. The molecule has 0 bridgehead atoms. The van der Waals surface area contributed by atoms with Crippen molar-refractivity contribution in [1.82, 2.24) is 0 Å². The first-order valence-electron chi connectivity index (χ1n) is 4.42. The first kappa shape index (κ1) is 36.8. The van der Waals surface area contributed by atoms with Crippen molar-refractivity contribution in [2.45, 2.75) is 0 Å². The predicted octanol–water partition coefficient (Wildman–Crippen LogP) is -4.32. The van der Waals surface area contributed by atoms with E-state index in [4.69, 9.17) is 39.6 Å². The Morgan fingerprint density at radius 1 is 0.500 bits per heavy atom. The SMILES string of the molecule is C=CC(=O)[O-].C=CC(=O)[O-].C=CC(=O)[O-].C=CC(=O)[O-].[Cu+2].[Cu+2]. The minimum atomic E-state index is -1.23. The van der Waals surface area contributed by atoms with E-state index in [9.17, 15) is 0 Å². The van der Waals surface area contributed by atoms with Gasteiger partial charge in [-0.1, -0.05) is 26.3 Å². The second kappa shape index (κ2) is 31.3. The summed E-state index contributed by atoms with van der Waals surface area (Å²) >= 11 is 0. The summed E-state index contributed by atoms with van der Waals surface area (Å²) in [4.78, 5) is 36.6. The van der Waals surface area contributed by atoms with Gasteiger partial charge in [0.2, 0.25) is 0 Å². The van der Waals surface area contributed by atoms with E-state index in [0.29, 0.717) is 0 Å². The summed E-state index contributed by atoms with van der Waals surface area (Å²) in [7, 11) is 0. The summed E-state index contributed by atoms with van der Waals surface area (Å²) in [6.07, 6.45) is 2.89. The zero-order chi connectivity index (χ0) is 17.1. The van der Waals surface area contributed by atoms with Gasteiger partial charge in [0, 0.05) is 0 Å². The smallest absolute Gasteiger partial charge is 0.545 e. The normalized spacial score (nSPS) is 5.82. The van der Waals surface area contributed by atoms with Gasteiger partial charge in [0.15, 0.2) is 0 Å². The van der Waals surface area contributed by atoms with Gasteiger partial charge in [0.1, 0.15) is 0 Å². The van der Waals surface area contributed by atoms with Crippen LogP contribution >= 0.6 is 0 Å². The molecule has 8 nitrogen and oxygen atoms in total. The molecule has 10 heteroatoms. The number of hydrogen-bond donors (Lipinski definition) is 0. The standard InChI is InChI=1S/4C3H4O2.2Cu/c4*1-2-3(4)5;;/h4*2H,1H2,(H,4,5);;/q;;;;2*+2/p-4. The molecule has 0 saturated carbocycles. The number of rotatable bonds is 4. The number of carboxylic acid groups (broad SMARTS) is 4. The van der Waals surface area contributed by atoms with E-state index in [0.717, 1.165) is 24.3 Å². The van der Waals surface area contributed by atoms with Gasteiger partial charge in [-0.3, -0.25) is 0 Å². The molecule has 0 aliphatic carbocycles. The Morgan fingerprint density at radius 2 is 0.545 bits per heavy atom. The Labute approximate surface area is 148 Å². The van der Waals surface area contributed by atoms with Crippen LogP contribution < -0.4 is 20.4 Å². The van der Waals surface area contributed by atoms with Crippen molar-refractivity contribution < 1.29 is 73.7 Å². The molecule has 0 amide bonds. The maximum absolute atomic E-state index is 9.14. The Bertz CT molecular complexity index is 305. The molecule has 0 spiro atoms. The Hall–Kier alpha value is -2.12. The Morgan fingerprint density at radius 3 is 0.545 bits per heavy atom. The fraction of sp³-hybridized carbons (Fsp3) is 0. The first-order valence-corrected chi connectivity index (χ1v) is 4.42. The summed E-state index contributed by atoms with van der Waals surface area (Å²) in [5.41, 5.74) is 0. The third-order valence-electron chi connectivity index (χ3n) is 0.667. The van der Waals surface area contributed by atoms with E-state index in [-0.39, 0.29) is 34.1 Å². The summed E-state index contributed by atoms with van der Waals surface area (Å²) in [5, 5.41) is 36.6. The molecule has 0 heterocycles. The molecule has 0 N–H and O–H groups in total. The summed E-state index contributed by atoms with van der Waals surface area (Å²) in [6, 6.07) is 0. The number of hydrogen-bond acceptors (Lipinski definition) is 8. The average Bonchev–Trinajstić information content (AvgIpc) is 2.40. The van der Waals surface area contributed by atoms with E-state index in [1.54, 1.807) is 0 Å². The van der Waals surface area contributed by atoms with Crippen molar-refractivity contribution >= 4 is 23.9 Å². The van der Waals surface area contributed by atoms with Gasteiger partial charge in [-0.2, -0.15) is 0 Å². The maximum atomic E-state index is 9.14. The van der Waals surface area contributed by atoms with E-state index in [1.807, 2.05) is 0 Å². The van der Waals surface area contributed by atoms with Crippen LogP contribution in [0.1, 0.15) is 0 Å². The molecule has 0 aromatic heterocycles. The fourth-order valence-corrected chi connectivity index (χ4v) is 0. The molecule has 0 fully saturated rings. The Balaban J connectivity index is -0.0000000376. The predicted molar refractivity (Wildman–Crippen MR) is 60.8 cm³/mol. The van der Waals surface area contributed by atoms with E-state index >= 15 is 0 Å². The molecular weight excluding hydrogens is 399 g/mol. The van der Waals surface area contributed by atoms with Crippen LogP contribution in [0, 0.1) is 0 Å². The van der Waals surface area contributed by atoms with Crippen molar-refractivity contribution in [2.75, 3.05) is 0 Å². The molecule has 0 aromatic rings. The van der Waals surface area contributed by atoms with Crippen LogP contribution in [0.3, 0.4) is 0 Å². The number of carboxylic acids is 4.